The van der Waals surface area contributed by atoms with Crippen molar-refractivity contribution < 1.29 is 13.9 Å². The fraction of sp³-hybridized carbons (Fsp3) is 0.467. The third kappa shape index (κ3) is 2.64. The van der Waals surface area contributed by atoms with E-state index in [9.17, 15) is 4.79 Å². The molecule has 3 heterocycles. The third-order valence-electron chi connectivity index (χ3n) is 4.10. The van der Waals surface area contributed by atoms with E-state index >= 15 is 0 Å². The van der Waals surface area contributed by atoms with Gasteiger partial charge in [-0.2, -0.15) is 0 Å². The lowest BCUT2D eigenvalue weighted by molar-refractivity contribution is 0.0654. The van der Waals surface area contributed by atoms with Crippen molar-refractivity contribution >= 4 is 17.5 Å². The molecule has 0 bridgehead atoms. The van der Waals surface area contributed by atoms with Crippen LogP contribution in [0.2, 0.25) is 5.22 Å². The molecule has 0 radical (unpaired) electrons. The summed E-state index contributed by atoms with van der Waals surface area (Å²) in [7, 11) is 1.65. The van der Waals surface area contributed by atoms with Gasteiger partial charge in [0.25, 0.3) is 5.91 Å². The van der Waals surface area contributed by atoms with Gasteiger partial charge in [0.1, 0.15) is 5.82 Å². The number of likely N-dealkylation sites (tertiary alicyclic amines) is 1. The number of nitrogens with one attached hydrogen (secondary N) is 1. The van der Waals surface area contributed by atoms with E-state index < -0.39 is 0 Å². The van der Waals surface area contributed by atoms with E-state index in [1.165, 1.54) is 0 Å². The lowest BCUT2D eigenvalue weighted by Crippen LogP contribution is -2.32. The first-order valence-electron chi connectivity index (χ1n) is 7.11. The van der Waals surface area contributed by atoms with Gasteiger partial charge in [-0.3, -0.25) is 4.79 Å². The van der Waals surface area contributed by atoms with Crippen LogP contribution in [0.25, 0.3) is 0 Å². The number of carbonyl (C=O) groups is 1. The summed E-state index contributed by atoms with van der Waals surface area (Å²) in [5.41, 5.74) is 1.94. The molecule has 1 aliphatic heterocycles. The normalized spacial score (nSPS) is 21.5. The molecule has 1 N–H and O–H groups in total. The minimum atomic E-state index is -0.205. The van der Waals surface area contributed by atoms with Crippen LogP contribution < -0.4 is 0 Å². The number of furan rings is 1. The molecule has 0 unspecified atom stereocenters. The van der Waals surface area contributed by atoms with Crippen LogP contribution in [0.3, 0.4) is 0 Å². The molecule has 1 aliphatic rings. The van der Waals surface area contributed by atoms with Crippen LogP contribution in [0.15, 0.2) is 16.5 Å². The third-order valence-corrected chi connectivity index (χ3v) is 4.31. The van der Waals surface area contributed by atoms with E-state index in [1.807, 2.05) is 13.8 Å². The number of aromatic amines is 1. The highest BCUT2D eigenvalue weighted by Crippen LogP contribution is 2.34. The molecule has 1 fully saturated rings. The highest BCUT2D eigenvalue weighted by Gasteiger charge is 2.39. The van der Waals surface area contributed by atoms with Gasteiger partial charge in [-0.05, 0) is 37.6 Å². The van der Waals surface area contributed by atoms with Gasteiger partial charge in [0, 0.05) is 25.8 Å². The average Bonchev–Trinajstić information content (AvgIpc) is 3.18. The van der Waals surface area contributed by atoms with Gasteiger partial charge >= 0.3 is 0 Å². The Morgan fingerprint density at radius 3 is 2.82 bits per heavy atom. The molecule has 6 nitrogen and oxygen atoms in total. The molecule has 0 spiro atoms. The van der Waals surface area contributed by atoms with Crippen molar-refractivity contribution in [1.29, 1.82) is 0 Å². The van der Waals surface area contributed by atoms with Crippen molar-refractivity contribution in [2.75, 3.05) is 13.7 Å². The highest BCUT2D eigenvalue weighted by atomic mass is 35.5. The fourth-order valence-electron chi connectivity index (χ4n) is 2.76. The van der Waals surface area contributed by atoms with Gasteiger partial charge in [0.05, 0.1) is 17.8 Å². The maximum Gasteiger partial charge on any atom is 0.290 e. The number of halogens is 1. The Bertz CT molecular complexity index is 675. The highest BCUT2D eigenvalue weighted by molar-refractivity contribution is 6.29. The van der Waals surface area contributed by atoms with E-state index in [2.05, 4.69) is 9.97 Å². The Morgan fingerprint density at radius 2 is 2.27 bits per heavy atom. The van der Waals surface area contributed by atoms with Crippen LogP contribution in [0.1, 0.15) is 40.2 Å². The van der Waals surface area contributed by atoms with Crippen molar-refractivity contribution in [1.82, 2.24) is 14.9 Å². The number of amides is 1. The minimum absolute atomic E-state index is 0.0231. The van der Waals surface area contributed by atoms with Crippen LogP contribution in [-0.4, -0.2) is 40.5 Å². The number of rotatable bonds is 3. The zero-order valence-electron chi connectivity index (χ0n) is 12.7. The van der Waals surface area contributed by atoms with Crippen molar-refractivity contribution in [3.63, 3.8) is 0 Å². The number of hydrogen-bond donors (Lipinski definition) is 1. The van der Waals surface area contributed by atoms with Gasteiger partial charge in [0.15, 0.2) is 11.0 Å². The van der Waals surface area contributed by atoms with Gasteiger partial charge < -0.3 is 19.0 Å². The predicted octanol–water partition coefficient (Wildman–Crippen LogP) is 2.88. The molecular formula is C15H18ClN3O3. The minimum Gasteiger partial charge on any atom is -0.440 e. The maximum absolute atomic E-state index is 12.7. The van der Waals surface area contributed by atoms with Crippen molar-refractivity contribution in [2.24, 2.45) is 0 Å². The van der Waals surface area contributed by atoms with Crippen molar-refractivity contribution in [3.8, 4) is 0 Å². The van der Waals surface area contributed by atoms with Gasteiger partial charge in [-0.25, -0.2) is 4.98 Å². The molecule has 22 heavy (non-hydrogen) atoms. The second-order valence-corrected chi connectivity index (χ2v) is 5.88. The van der Waals surface area contributed by atoms with Crippen LogP contribution in [0.5, 0.6) is 0 Å². The summed E-state index contributed by atoms with van der Waals surface area (Å²) in [5, 5.41) is 0.201. The quantitative estimate of drug-likeness (QED) is 0.942. The SMILES string of the molecule is CO[C@@H]1C[C@@H](c2nc(C)c(C)[nH]2)N(C(=O)c2ccc(Cl)o2)C1. The molecule has 2 atom stereocenters. The Hall–Kier alpha value is -1.79. The number of aromatic nitrogens is 2. The number of imidazole rings is 1. The van der Waals surface area contributed by atoms with Crippen LogP contribution in [0, 0.1) is 13.8 Å². The number of carbonyl (C=O) groups excluding carboxylic acids is 1. The van der Waals surface area contributed by atoms with E-state index in [-0.39, 0.29) is 29.0 Å². The Morgan fingerprint density at radius 1 is 1.50 bits per heavy atom. The van der Waals surface area contributed by atoms with Crippen LogP contribution >= 0.6 is 11.6 Å². The first-order chi connectivity index (χ1) is 10.5. The van der Waals surface area contributed by atoms with Crippen LogP contribution in [0.4, 0.5) is 0 Å². The molecule has 0 aliphatic carbocycles. The summed E-state index contributed by atoms with van der Waals surface area (Å²) in [5.74, 6) is 0.801. The maximum atomic E-state index is 12.7. The number of hydrogen-bond acceptors (Lipinski definition) is 4. The molecule has 7 heteroatoms. The largest absolute Gasteiger partial charge is 0.440 e. The predicted molar refractivity (Wildman–Crippen MR) is 81.0 cm³/mol. The van der Waals surface area contributed by atoms with Gasteiger partial charge in [-0.15, -0.1) is 0 Å². The average molecular weight is 324 g/mol. The number of nitrogens with zero attached hydrogens (tertiary/aromatic N) is 2. The topological polar surface area (TPSA) is 71.4 Å². The smallest absolute Gasteiger partial charge is 0.290 e. The van der Waals surface area contributed by atoms with Gasteiger partial charge in [-0.1, -0.05) is 0 Å². The van der Waals surface area contributed by atoms with E-state index in [1.54, 1.807) is 24.1 Å². The molecule has 118 valence electrons. The summed E-state index contributed by atoms with van der Waals surface area (Å²) < 4.78 is 10.7. The number of aryl methyl sites for hydroxylation is 2. The first kappa shape index (κ1) is 15.1. The summed E-state index contributed by atoms with van der Waals surface area (Å²) >= 11 is 5.76. The number of H-pyrrole nitrogens is 1. The summed E-state index contributed by atoms with van der Waals surface area (Å²) in [6.45, 7) is 4.40. The molecule has 1 saturated heterocycles. The van der Waals surface area contributed by atoms with E-state index in [4.69, 9.17) is 20.8 Å². The zero-order valence-corrected chi connectivity index (χ0v) is 13.5. The lowest BCUT2D eigenvalue weighted by atomic mass is 10.2. The summed E-state index contributed by atoms with van der Waals surface area (Å²) in [6, 6.07) is 2.99. The van der Waals surface area contributed by atoms with Crippen LogP contribution in [-0.2, 0) is 4.74 Å². The molecule has 2 aromatic heterocycles. The fourth-order valence-corrected chi connectivity index (χ4v) is 2.90. The summed E-state index contributed by atoms with van der Waals surface area (Å²) in [6.07, 6.45) is 0.674. The van der Waals surface area contributed by atoms with Crippen molar-refractivity contribution in [3.05, 3.63) is 40.3 Å². The second kappa shape index (κ2) is 5.78. The second-order valence-electron chi connectivity index (χ2n) is 5.50. The lowest BCUT2D eigenvalue weighted by Gasteiger charge is -2.21. The number of ether oxygens (including phenoxy) is 1. The standard InChI is InChI=1S/C15H18ClN3O3/c1-8-9(2)18-14(17-8)11-6-10(21-3)7-19(11)15(20)12-4-5-13(16)22-12/h4-5,10-11H,6-7H2,1-3H3,(H,17,18)/t10-,11+/m1/s1. The molecule has 0 aromatic carbocycles. The van der Waals surface area contributed by atoms with Crippen molar-refractivity contribution in [2.45, 2.75) is 32.4 Å². The molecule has 1 amide bonds. The molecule has 3 rings (SSSR count). The monoisotopic (exact) mass is 323 g/mol. The zero-order chi connectivity index (χ0) is 15.9. The Balaban J connectivity index is 1.91. The van der Waals surface area contributed by atoms with E-state index in [0.717, 1.165) is 17.2 Å². The van der Waals surface area contributed by atoms with Gasteiger partial charge in [0.2, 0.25) is 0 Å². The Kier molecular flexibility index (Phi) is 3.97. The van der Waals surface area contributed by atoms with E-state index in [0.29, 0.717) is 13.0 Å². The summed E-state index contributed by atoms with van der Waals surface area (Å²) in [4.78, 5) is 22.2. The molecule has 0 saturated carbocycles. The molecular weight excluding hydrogens is 306 g/mol. The number of methoxy groups -OCH3 is 1. The Labute approximate surface area is 133 Å². The first-order valence-corrected chi connectivity index (χ1v) is 7.49. The molecule has 2 aromatic rings.